The van der Waals surface area contributed by atoms with Gasteiger partial charge in [-0.1, -0.05) is 11.3 Å². The van der Waals surface area contributed by atoms with Crippen LogP contribution in [0.1, 0.15) is 0 Å². The van der Waals surface area contributed by atoms with Gasteiger partial charge in [-0.3, -0.25) is 10.1 Å². The number of nitro groups is 1. The molecule has 2 rings (SSSR count). The molecule has 0 unspecified atom stereocenters. The third kappa shape index (κ3) is 1.84. The van der Waals surface area contributed by atoms with Crippen LogP contribution >= 0.6 is 11.3 Å². The number of aromatic nitrogens is 2. The fourth-order valence-corrected chi connectivity index (χ4v) is 1.72. The lowest BCUT2D eigenvalue weighted by molar-refractivity contribution is -0.385. The smallest absolute Gasteiger partial charge is 0.310 e. The molecule has 1 radical (unpaired) electrons. The van der Waals surface area contributed by atoms with Gasteiger partial charge in [-0.25, -0.2) is 0 Å². The second kappa shape index (κ2) is 4.23. The molecule has 6 nitrogen and oxygen atoms in total. The van der Waals surface area contributed by atoms with E-state index < -0.39 is 4.92 Å². The highest BCUT2D eigenvalue weighted by Gasteiger charge is 2.16. The average Bonchev–Trinajstić information content (AvgIpc) is 2.81. The molecule has 0 fully saturated rings. The highest BCUT2D eigenvalue weighted by molar-refractivity contribution is 7.12. The maximum Gasteiger partial charge on any atom is 0.310 e. The zero-order chi connectivity index (χ0) is 11.5. The zero-order valence-electron chi connectivity index (χ0n) is 8.21. The summed E-state index contributed by atoms with van der Waals surface area (Å²) in [6.07, 6.45) is 0. The normalized spacial score (nSPS) is 10.1. The van der Waals surface area contributed by atoms with Crippen molar-refractivity contribution in [3.63, 3.8) is 0 Å². The molecule has 1 heterocycles. The van der Waals surface area contributed by atoms with Gasteiger partial charge < -0.3 is 4.74 Å². The molecule has 0 N–H and O–H groups in total. The van der Waals surface area contributed by atoms with Crippen LogP contribution in [0.2, 0.25) is 0 Å². The molecule has 2 aromatic rings. The standard InChI is InChI=1S/C9H6N3O3S/c1-15-8-4-6(9-11-10-5-16-9)2-3-7(8)12(13)14/h2-4H,1H3. The predicted octanol–water partition coefficient (Wildman–Crippen LogP) is 1.92. The van der Waals surface area contributed by atoms with Crippen LogP contribution in [0, 0.1) is 15.6 Å². The Morgan fingerprint density at radius 1 is 1.56 bits per heavy atom. The second-order valence-corrected chi connectivity index (χ2v) is 3.62. The van der Waals surface area contributed by atoms with Gasteiger partial charge in [0.05, 0.1) is 12.0 Å². The number of ether oxygens (including phenoxy) is 1. The van der Waals surface area contributed by atoms with Crippen LogP contribution in [0.4, 0.5) is 5.69 Å². The third-order valence-electron chi connectivity index (χ3n) is 1.95. The van der Waals surface area contributed by atoms with Crippen molar-refractivity contribution in [1.29, 1.82) is 0 Å². The van der Waals surface area contributed by atoms with Crippen LogP contribution in [-0.2, 0) is 0 Å². The van der Waals surface area contributed by atoms with Crippen LogP contribution in [0.3, 0.4) is 0 Å². The first-order chi connectivity index (χ1) is 7.72. The van der Waals surface area contributed by atoms with Crippen LogP contribution in [-0.4, -0.2) is 22.2 Å². The Hall–Kier alpha value is -2.02. The number of hydrogen-bond donors (Lipinski definition) is 0. The fourth-order valence-electron chi connectivity index (χ4n) is 1.23. The van der Waals surface area contributed by atoms with Gasteiger partial charge in [0.2, 0.25) is 0 Å². The summed E-state index contributed by atoms with van der Waals surface area (Å²) < 4.78 is 4.95. The van der Waals surface area contributed by atoms with Crippen molar-refractivity contribution >= 4 is 17.0 Å². The van der Waals surface area contributed by atoms with Crippen LogP contribution in [0.15, 0.2) is 18.2 Å². The largest absolute Gasteiger partial charge is 0.490 e. The van der Waals surface area contributed by atoms with Crippen molar-refractivity contribution in [3.8, 4) is 16.3 Å². The maximum atomic E-state index is 10.7. The molecule has 0 aliphatic rings. The van der Waals surface area contributed by atoms with Gasteiger partial charge in [0.15, 0.2) is 11.3 Å². The number of benzene rings is 1. The lowest BCUT2D eigenvalue weighted by Crippen LogP contribution is -1.93. The van der Waals surface area contributed by atoms with E-state index in [0.717, 1.165) is 5.56 Å². The molecular weight excluding hydrogens is 230 g/mol. The Labute approximate surface area is 94.7 Å². The zero-order valence-corrected chi connectivity index (χ0v) is 9.02. The molecule has 16 heavy (non-hydrogen) atoms. The van der Waals surface area contributed by atoms with Gasteiger partial charge in [-0.2, -0.15) is 0 Å². The number of nitrogens with zero attached hydrogens (tertiary/aromatic N) is 3. The molecule has 7 heteroatoms. The molecule has 0 atom stereocenters. The molecule has 1 aromatic carbocycles. The lowest BCUT2D eigenvalue weighted by atomic mass is 10.2. The molecule has 0 aliphatic carbocycles. The van der Waals surface area contributed by atoms with Gasteiger partial charge in [-0.05, 0) is 12.1 Å². The number of nitro benzene ring substituents is 1. The summed E-state index contributed by atoms with van der Waals surface area (Å²) in [6.45, 7) is 0. The Morgan fingerprint density at radius 3 is 2.94 bits per heavy atom. The van der Waals surface area contributed by atoms with Crippen molar-refractivity contribution < 1.29 is 9.66 Å². The molecular formula is C9H6N3O3S. The average molecular weight is 236 g/mol. The Morgan fingerprint density at radius 2 is 2.38 bits per heavy atom. The van der Waals surface area contributed by atoms with E-state index in [4.69, 9.17) is 4.74 Å². The van der Waals surface area contributed by atoms with E-state index in [1.165, 1.54) is 24.5 Å². The quantitative estimate of drug-likeness (QED) is 0.601. The summed E-state index contributed by atoms with van der Waals surface area (Å²) in [5, 5.41) is 18.7. The first-order valence-corrected chi connectivity index (χ1v) is 5.06. The summed E-state index contributed by atoms with van der Waals surface area (Å²) in [5.41, 5.74) is 3.26. The van der Waals surface area contributed by atoms with Gasteiger partial charge in [-0.15, -0.1) is 10.2 Å². The van der Waals surface area contributed by atoms with E-state index in [-0.39, 0.29) is 11.4 Å². The van der Waals surface area contributed by atoms with E-state index in [9.17, 15) is 10.1 Å². The van der Waals surface area contributed by atoms with E-state index in [1.54, 1.807) is 12.1 Å². The van der Waals surface area contributed by atoms with E-state index in [0.29, 0.717) is 5.01 Å². The SMILES string of the molecule is COc1cc(-c2nn[c]s2)ccc1[N+](=O)[O-]. The molecule has 0 spiro atoms. The topological polar surface area (TPSA) is 78.2 Å². The minimum Gasteiger partial charge on any atom is -0.490 e. The van der Waals surface area contributed by atoms with Crippen LogP contribution < -0.4 is 4.74 Å². The van der Waals surface area contributed by atoms with Crippen LogP contribution in [0.5, 0.6) is 5.75 Å². The van der Waals surface area contributed by atoms with Gasteiger partial charge >= 0.3 is 5.69 Å². The molecule has 0 saturated carbocycles. The number of rotatable bonds is 3. The first kappa shape index (κ1) is 10.5. The van der Waals surface area contributed by atoms with Crippen LogP contribution in [0.25, 0.3) is 10.6 Å². The maximum absolute atomic E-state index is 10.7. The molecule has 0 amide bonds. The molecule has 81 valence electrons. The molecule has 1 aromatic heterocycles. The number of methoxy groups -OCH3 is 1. The Balaban J connectivity index is 2.49. The molecule has 0 saturated heterocycles. The summed E-state index contributed by atoms with van der Waals surface area (Å²) in [7, 11) is 1.39. The summed E-state index contributed by atoms with van der Waals surface area (Å²) in [4.78, 5) is 10.2. The van der Waals surface area contributed by atoms with Gasteiger partial charge in [0.1, 0.15) is 5.01 Å². The van der Waals surface area contributed by atoms with E-state index >= 15 is 0 Å². The van der Waals surface area contributed by atoms with Gasteiger partial charge in [0.25, 0.3) is 0 Å². The second-order valence-electron chi connectivity index (χ2n) is 2.84. The van der Waals surface area contributed by atoms with E-state index in [1.807, 2.05) is 0 Å². The van der Waals surface area contributed by atoms with Crippen molar-refractivity contribution in [3.05, 3.63) is 33.8 Å². The van der Waals surface area contributed by atoms with Gasteiger partial charge in [0, 0.05) is 11.6 Å². The first-order valence-electron chi connectivity index (χ1n) is 4.24. The minimum atomic E-state index is -0.491. The predicted molar refractivity (Wildman–Crippen MR) is 57.4 cm³/mol. The molecule has 0 bridgehead atoms. The van der Waals surface area contributed by atoms with Crippen molar-refractivity contribution in [2.45, 2.75) is 0 Å². The van der Waals surface area contributed by atoms with Crippen molar-refractivity contribution in [2.24, 2.45) is 0 Å². The highest BCUT2D eigenvalue weighted by Crippen LogP contribution is 2.32. The minimum absolute atomic E-state index is 0.0697. The molecule has 0 aliphatic heterocycles. The Kier molecular flexibility index (Phi) is 2.78. The lowest BCUT2D eigenvalue weighted by Gasteiger charge is -2.02. The number of hydrogen-bond acceptors (Lipinski definition) is 6. The van der Waals surface area contributed by atoms with E-state index in [2.05, 4.69) is 15.7 Å². The van der Waals surface area contributed by atoms with Crippen molar-refractivity contribution in [1.82, 2.24) is 10.2 Å². The summed E-state index contributed by atoms with van der Waals surface area (Å²) >= 11 is 1.24. The highest BCUT2D eigenvalue weighted by atomic mass is 32.1. The third-order valence-corrected chi connectivity index (χ3v) is 2.63. The summed E-state index contributed by atoms with van der Waals surface area (Å²) in [5.74, 6) is 0.206. The van der Waals surface area contributed by atoms with Crippen molar-refractivity contribution in [2.75, 3.05) is 7.11 Å². The fraction of sp³-hybridized carbons (Fsp3) is 0.111. The Bertz CT molecular complexity index is 513. The summed E-state index contributed by atoms with van der Waals surface area (Å²) in [6, 6.07) is 4.55. The monoisotopic (exact) mass is 236 g/mol.